The van der Waals surface area contributed by atoms with Crippen molar-refractivity contribution in [1.29, 1.82) is 0 Å². The smallest absolute Gasteiger partial charge is 0.169 e. The highest BCUT2D eigenvalue weighted by Gasteiger charge is 2.23. The van der Waals surface area contributed by atoms with Gasteiger partial charge in [0, 0.05) is 11.4 Å². The number of aliphatic imine (C=N–C) groups is 1. The van der Waals surface area contributed by atoms with E-state index in [2.05, 4.69) is 42.2 Å². The van der Waals surface area contributed by atoms with Gasteiger partial charge in [-0.1, -0.05) is 107 Å². The lowest BCUT2D eigenvalue weighted by Gasteiger charge is -2.17. The Labute approximate surface area is 198 Å². The molecule has 1 heterocycles. The van der Waals surface area contributed by atoms with Gasteiger partial charge in [-0.05, 0) is 42.3 Å². The van der Waals surface area contributed by atoms with Crippen LogP contribution < -0.4 is 0 Å². The number of rotatable bonds is 13. The fourth-order valence-corrected chi connectivity index (χ4v) is 5.05. The van der Waals surface area contributed by atoms with Crippen LogP contribution in [0.15, 0.2) is 64.5 Å². The quantitative estimate of drug-likeness (QED) is 0.282. The van der Waals surface area contributed by atoms with Crippen LogP contribution in [0.2, 0.25) is 0 Å². The van der Waals surface area contributed by atoms with Gasteiger partial charge in [0.1, 0.15) is 5.82 Å². The molecule has 1 aliphatic rings. The number of unbranched alkanes of at least 4 members (excludes halogenated alkanes) is 9. The van der Waals surface area contributed by atoms with Crippen LogP contribution in [0.25, 0.3) is 6.08 Å². The molecule has 0 aliphatic carbocycles. The van der Waals surface area contributed by atoms with Crippen LogP contribution in [-0.4, -0.2) is 23.2 Å². The summed E-state index contributed by atoms with van der Waals surface area (Å²) < 4.78 is 13.3. The van der Waals surface area contributed by atoms with Crippen molar-refractivity contribution in [3.8, 4) is 0 Å². The largest absolute Gasteiger partial charge is 0.346 e. The lowest BCUT2D eigenvalue weighted by atomic mass is 10.1. The third-order valence-corrected chi connectivity index (χ3v) is 6.84. The molecule has 1 aliphatic heterocycles. The van der Waals surface area contributed by atoms with E-state index in [9.17, 15) is 4.39 Å². The summed E-state index contributed by atoms with van der Waals surface area (Å²) in [5.74, 6) is -0.222. The van der Waals surface area contributed by atoms with Crippen molar-refractivity contribution in [3.05, 3.63) is 70.9 Å². The number of hydrogen-bond donors (Lipinski definition) is 0. The second kappa shape index (κ2) is 14.2. The Morgan fingerprint density at radius 2 is 1.47 bits per heavy atom. The lowest BCUT2D eigenvalue weighted by molar-refractivity contribution is 0.443. The van der Waals surface area contributed by atoms with E-state index < -0.39 is 0 Å². The summed E-state index contributed by atoms with van der Waals surface area (Å²) in [6.45, 7) is 4.20. The average molecular weight is 453 g/mol. The molecule has 0 atom stereocenters. The molecule has 3 rings (SSSR count). The standard InChI is InChI=1S/C28H37FN2S/c1-2-3-4-5-6-7-8-9-10-14-21-31-23-27(22-24-15-12-11-13-16-24)32-28(31)30-26-19-17-25(29)18-20-26/h11-13,15-20,22H,2-10,14,21,23H2,1H3/b27-22-,30-28-. The summed E-state index contributed by atoms with van der Waals surface area (Å²) in [6.07, 6.45) is 15.7. The molecule has 0 aromatic heterocycles. The molecule has 172 valence electrons. The van der Waals surface area contributed by atoms with E-state index in [1.54, 1.807) is 23.9 Å². The summed E-state index contributed by atoms with van der Waals surface area (Å²) in [5.41, 5.74) is 2.03. The fourth-order valence-electron chi connectivity index (χ4n) is 3.96. The van der Waals surface area contributed by atoms with Crippen LogP contribution in [0.1, 0.15) is 76.7 Å². The predicted molar refractivity (Wildman–Crippen MR) is 139 cm³/mol. The van der Waals surface area contributed by atoms with E-state index in [-0.39, 0.29) is 5.82 Å². The molecule has 2 aromatic rings. The van der Waals surface area contributed by atoms with E-state index in [0.29, 0.717) is 0 Å². The number of nitrogens with zero attached hydrogens (tertiary/aromatic N) is 2. The zero-order chi connectivity index (χ0) is 22.4. The van der Waals surface area contributed by atoms with Crippen molar-refractivity contribution in [2.75, 3.05) is 13.1 Å². The molecule has 1 fully saturated rings. The van der Waals surface area contributed by atoms with Crippen LogP contribution in [-0.2, 0) is 0 Å². The monoisotopic (exact) mass is 452 g/mol. The first-order valence-electron chi connectivity index (χ1n) is 12.3. The highest BCUT2D eigenvalue weighted by Crippen LogP contribution is 2.33. The normalized spacial score (nSPS) is 16.4. The Bertz CT molecular complexity index is 845. The summed E-state index contributed by atoms with van der Waals surface area (Å²) in [4.78, 5) is 8.53. The number of hydrogen-bond acceptors (Lipinski definition) is 2. The maximum atomic E-state index is 13.3. The zero-order valence-electron chi connectivity index (χ0n) is 19.4. The molecule has 32 heavy (non-hydrogen) atoms. The van der Waals surface area contributed by atoms with Crippen LogP contribution >= 0.6 is 11.8 Å². The number of halogens is 1. The SMILES string of the molecule is CCCCCCCCCCCCN1C/C(=C/c2ccccc2)S/C1=N\c1ccc(F)cc1. The maximum absolute atomic E-state index is 13.3. The molecule has 0 radical (unpaired) electrons. The highest BCUT2D eigenvalue weighted by atomic mass is 32.2. The minimum atomic E-state index is -0.222. The first kappa shape index (κ1) is 24.6. The Morgan fingerprint density at radius 3 is 2.12 bits per heavy atom. The second-order valence-electron chi connectivity index (χ2n) is 8.60. The summed E-state index contributed by atoms with van der Waals surface area (Å²) in [7, 11) is 0. The molecule has 4 heteroatoms. The number of amidine groups is 1. The third-order valence-electron chi connectivity index (χ3n) is 5.80. The summed E-state index contributed by atoms with van der Waals surface area (Å²) >= 11 is 1.74. The molecule has 0 saturated carbocycles. The Hall–Kier alpha value is -2.07. The Morgan fingerprint density at radius 1 is 0.844 bits per heavy atom. The average Bonchev–Trinajstić information content (AvgIpc) is 3.18. The maximum Gasteiger partial charge on any atom is 0.169 e. The van der Waals surface area contributed by atoms with Gasteiger partial charge in [-0.3, -0.25) is 0 Å². The Balaban J connectivity index is 1.50. The van der Waals surface area contributed by atoms with Crippen LogP contribution in [0.5, 0.6) is 0 Å². The molecular weight excluding hydrogens is 415 g/mol. The van der Waals surface area contributed by atoms with Crippen LogP contribution in [0.3, 0.4) is 0 Å². The van der Waals surface area contributed by atoms with Crippen molar-refractivity contribution in [2.24, 2.45) is 4.99 Å². The zero-order valence-corrected chi connectivity index (χ0v) is 20.3. The van der Waals surface area contributed by atoms with Crippen molar-refractivity contribution < 1.29 is 4.39 Å². The minimum Gasteiger partial charge on any atom is -0.346 e. The van der Waals surface area contributed by atoms with Gasteiger partial charge in [-0.2, -0.15) is 0 Å². The predicted octanol–water partition coefficient (Wildman–Crippen LogP) is 8.82. The molecule has 2 nitrogen and oxygen atoms in total. The number of thioether (sulfide) groups is 1. The third kappa shape index (κ3) is 8.82. The second-order valence-corrected chi connectivity index (χ2v) is 9.69. The fraction of sp³-hybridized carbons (Fsp3) is 0.464. The molecule has 0 unspecified atom stereocenters. The van der Waals surface area contributed by atoms with Crippen molar-refractivity contribution in [3.63, 3.8) is 0 Å². The van der Waals surface area contributed by atoms with Crippen LogP contribution in [0.4, 0.5) is 10.1 Å². The first-order chi connectivity index (χ1) is 15.7. The lowest BCUT2D eigenvalue weighted by Crippen LogP contribution is -2.25. The molecule has 0 bridgehead atoms. The minimum absolute atomic E-state index is 0.222. The molecule has 0 N–H and O–H groups in total. The molecule has 1 saturated heterocycles. The molecule has 0 spiro atoms. The topological polar surface area (TPSA) is 15.6 Å². The van der Waals surface area contributed by atoms with Crippen LogP contribution in [0, 0.1) is 5.82 Å². The van der Waals surface area contributed by atoms with E-state index in [0.717, 1.165) is 23.9 Å². The molecular formula is C28H37FN2S. The van der Waals surface area contributed by atoms with Gasteiger partial charge in [-0.25, -0.2) is 9.38 Å². The number of benzene rings is 2. The van der Waals surface area contributed by atoms with Crippen molar-refractivity contribution in [1.82, 2.24) is 4.90 Å². The molecule has 2 aromatic carbocycles. The van der Waals surface area contributed by atoms with Gasteiger partial charge in [0.25, 0.3) is 0 Å². The van der Waals surface area contributed by atoms with Gasteiger partial charge < -0.3 is 4.90 Å². The summed E-state index contributed by atoms with van der Waals surface area (Å²) in [5, 5.41) is 1.02. The van der Waals surface area contributed by atoms with Gasteiger partial charge in [0.05, 0.1) is 12.2 Å². The van der Waals surface area contributed by atoms with E-state index in [1.807, 2.05) is 6.07 Å². The van der Waals surface area contributed by atoms with E-state index in [1.165, 1.54) is 86.8 Å². The molecule has 0 amide bonds. The van der Waals surface area contributed by atoms with E-state index in [4.69, 9.17) is 4.99 Å². The van der Waals surface area contributed by atoms with Crippen molar-refractivity contribution in [2.45, 2.75) is 71.1 Å². The van der Waals surface area contributed by atoms with E-state index >= 15 is 0 Å². The van der Waals surface area contributed by atoms with Gasteiger partial charge in [-0.15, -0.1) is 0 Å². The highest BCUT2D eigenvalue weighted by molar-refractivity contribution is 8.17. The first-order valence-corrected chi connectivity index (χ1v) is 13.1. The summed E-state index contributed by atoms with van der Waals surface area (Å²) in [6, 6.07) is 16.9. The Kier molecular flexibility index (Phi) is 10.9. The van der Waals surface area contributed by atoms with Gasteiger partial charge in [0.15, 0.2) is 5.17 Å². The van der Waals surface area contributed by atoms with Gasteiger partial charge in [0.2, 0.25) is 0 Å². The van der Waals surface area contributed by atoms with Crippen molar-refractivity contribution >= 4 is 28.7 Å². The van der Waals surface area contributed by atoms with Gasteiger partial charge >= 0.3 is 0 Å².